The van der Waals surface area contributed by atoms with E-state index in [1.165, 1.54) is 11.1 Å². The molecule has 5 nitrogen and oxygen atoms in total. The minimum absolute atomic E-state index is 0.146. The lowest BCUT2D eigenvalue weighted by Gasteiger charge is -2.08. The first-order valence-electron chi connectivity index (χ1n) is 7.80. The third-order valence-electron chi connectivity index (χ3n) is 3.88. The number of phenols is 1. The summed E-state index contributed by atoms with van der Waals surface area (Å²) in [5.74, 6) is 0.0606. The van der Waals surface area contributed by atoms with Crippen molar-refractivity contribution in [3.05, 3.63) is 58.1 Å². The molecule has 0 aliphatic heterocycles. The topological polar surface area (TPSA) is 73.7 Å². The fraction of sp³-hybridized carbons (Fsp3) is 0.263. The van der Waals surface area contributed by atoms with Crippen molar-refractivity contribution in [2.24, 2.45) is 5.10 Å². The van der Waals surface area contributed by atoms with Gasteiger partial charge in [-0.1, -0.05) is 6.07 Å². The average Bonchev–Trinajstić information content (AvgIpc) is 2.53. The Morgan fingerprint density at radius 1 is 1.04 bits per heavy atom. The summed E-state index contributed by atoms with van der Waals surface area (Å²) in [6.45, 7) is 7.88. The van der Waals surface area contributed by atoms with Gasteiger partial charge in [0.25, 0.3) is 5.91 Å². The van der Waals surface area contributed by atoms with E-state index < -0.39 is 0 Å². The van der Waals surface area contributed by atoms with E-state index in [2.05, 4.69) is 15.8 Å². The molecule has 126 valence electrons. The number of benzene rings is 2. The van der Waals surface area contributed by atoms with Crippen LogP contribution in [0.3, 0.4) is 0 Å². The molecule has 1 amide bonds. The number of aryl methyl sites for hydroxylation is 4. The van der Waals surface area contributed by atoms with Gasteiger partial charge < -0.3 is 10.4 Å². The van der Waals surface area contributed by atoms with Crippen molar-refractivity contribution in [1.82, 2.24) is 5.43 Å². The van der Waals surface area contributed by atoms with Crippen molar-refractivity contribution in [2.45, 2.75) is 27.7 Å². The van der Waals surface area contributed by atoms with Crippen LogP contribution in [0.5, 0.6) is 5.75 Å². The molecule has 0 atom stereocenters. The Kier molecular flexibility index (Phi) is 5.58. The van der Waals surface area contributed by atoms with Gasteiger partial charge in [0.05, 0.1) is 12.8 Å². The molecule has 0 saturated carbocycles. The zero-order valence-electron chi connectivity index (χ0n) is 14.5. The van der Waals surface area contributed by atoms with Crippen molar-refractivity contribution < 1.29 is 9.90 Å². The number of nitrogens with zero attached hydrogens (tertiary/aromatic N) is 1. The van der Waals surface area contributed by atoms with Gasteiger partial charge in [-0.2, -0.15) is 5.10 Å². The highest BCUT2D eigenvalue weighted by Gasteiger charge is 2.03. The van der Waals surface area contributed by atoms with Crippen LogP contribution in [0.1, 0.15) is 27.8 Å². The quantitative estimate of drug-likeness (QED) is 0.584. The van der Waals surface area contributed by atoms with E-state index in [4.69, 9.17) is 0 Å². The van der Waals surface area contributed by atoms with Crippen LogP contribution in [-0.2, 0) is 4.79 Å². The molecule has 0 unspecified atom stereocenters. The number of phenolic OH excluding ortho intramolecular Hbond substituents is 1. The third kappa shape index (κ3) is 4.59. The van der Waals surface area contributed by atoms with Crippen LogP contribution in [0, 0.1) is 27.7 Å². The second-order valence-electron chi connectivity index (χ2n) is 5.95. The average molecular weight is 325 g/mol. The molecule has 0 heterocycles. The lowest BCUT2D eigenvalue weighted by molar-refractivity contribution is -0.119. The van der Waals surface area contributed by atoms with Crippen molar-refractivity contribution in [3.8, 4) is 5.75 Å². The number of nitrogens with one attached hydrogen (secondary N) is 2. The number of hydrazone groups is 1. The Bertz CT molecular complexity index is 759. The van der Waals surface area contributed by atoms with E-state index in [0.717, 1.165) is 22.4 Å². The Balaban J connectivity index is 1.87. The number of anilines is 1. The summed E-state index contributed by atoms with van der Waals surface area (Å²) in [6, 6.07) is 9.59. The summed E-state index contributed by atoms with van der Waals surface area (Å²) >= 11 is 0. The number of amides is 1. The summed E-state index contributed by atoms with van der Waals surface area (Å²) in [7, 11) is 0. The summed E-state index contributed by atoms with van der Waals surface area (Å²) in [5.41, 5.74) is 8.16. The Hall–Kier alpha value is -2.82. The molecule has 2 rings (SSSR count). The van der Waals surface area contributed by atoms with Gasteiger partial charge in [0.15, 0.2) is 0 Å². The Morgan fingerprint density at radius 2 is 1.71 bits per heavy atom. The molecule has 0 radical (unpaired) electrons. The summed E-state index contributed by atoms with van der Waals surface area (Å²) in [6.07, 6.45) is 1.56. The van der Waals surface area contributed by atoms with Gasteiger partial charge >= 0.3 is 0 Å². The Labute approximate surface area is 142 Å². The molecule has 0 fully saturated rings. The van der Waals surface area contributed by atoms with Crippen LogP contribution in [0.25, 0.3) is 0 Å². The second kappa shape index (κ2) is 7.64. The van der Waals surface area contributed by atoms with Crippen molar-refractivity contribution in [2.75, 3.05) is 11.9 Å². The van der Waals surface area contributed by atoms with E-state index in [1.807, 2.05) is 58.0 Å². The first-order valence-corrected chi connectivity index (χ1v) is 7.80. The molecule has 0 aliphatic rings. The van der Waals surface area contributed by atoms with Gasteiger partial charge in [-0.05, 0) is 79.8 Å². The molecule has 5 heteroatoms. The largest absolute Gasteiger partial charge is 0.507 e. The predicted octanol–water partition coefficient (Wildman–Crippen LogP) is 3.19. The fourth-order valence-electron chi connectivity index (χ4n) is 2.32. The standard InChI is InChI=1S/C19H23N3O2/c1-12-5-6-17(9-13(12)2)20-11-18(23)22-21-10-16-7-14(3)19(24)15(4)8-16/h5-10,20,24H,11H2,1-4H3,(H,22,23). The Morgan fingerprint density at radius 3 is 2.33 bits per heavy atom. The van der Waals surface area contributed by atoms with Gasteiger partial charge in [0, 0.05) is 5.69 Å². The van der Waals surface area contributed by atoms with Crippen LogP contribution >= 0.6 is 0 Å². The number of hydrogen-bond acceptors (Lipinski definition) is 4. The van der Waals surface area contributed by atoms with Gasteiger partial charge in [0.1, 0.15) is 5.75 Å². The van der Waals surface area contributed by atoms with Gasteiger partial charge in [-0.3, -0.25) is 4.79 Å². The second-order valence-corrected chi connectivity index (χ2v) is 5.95. The molecule has 2 aromatic rings. The highest BCUT2D eigenvalue weighted by molar-refractivity contribution is 5.84. The fourth-order valence-corrected chi connectivity index (χ4v) is 2.32. The molecule has 0 saturated heterocycles. The first kappa shape index (κ1) is 17.5. The highest BCUT2D eigenvalue weighted by Crippen LogP contribution is 2.21. The SMILES string of the molecule is Cc1ccc(NCC(=O)NN=Cc2cc(C)c(O)c(C)c2)cc1C. The minimum atomic E-state index is -0.225. The molecule has 0 bridgehead atoms. The maximum atomic E-state index is 11.8. The lowest BCUT2D eigenvalue weighted by atomic mass is 10.1. The molecule has 0 spiro atoms. The normalized spacial score (nSPS) is 10.8. The zero-order chi connectivity index (χ0) is 17.7. The molecular weight excluding hydrogens is 302 g/mol. The van der Waals surface area contributed by atoms with Crippen molar-refractivity contribution in [1.29, 1.82) is 0 Å². The number of hydrogen-bond donors (Lipinski definition) is 3. The van der Waals surface area contributed by atoms with Gasteiger partial charge in [-0.25, -0.2) is 5.43 Å². The molecule has 2 aromatic carbocycles. The predicted molar refractivity (Wildman–Crippen MR) is 97.7 cm³/mol. The smallest absolute Gasteiger partial charge is 0.259 e. The summed E-state index contributed by atoms with van der Waals surface area (Å²) in [5, 5.41) is 16.8. The molecule has 24 heavy (non-hydrogen) atoms. The van der Waals surface area contributed by atoms with Crippen LogP contribution in [0.4, 0.5) is 5.69 Å². The monoisotopic (exact) mass is 325 g/mol. The molecule has 0 aliphatic carbocycles. The molecule has 0 aromatic heterocycles. The van der Waals surface area contributed by atoms with Crippen LogP contribution in [-0.4, -0.2) is 23.8 Å². The van der Waals surface area contributed by atoms with E-state index in [0.29, 0.717) is 0 Å². The molecular formula is C19H23N3O2. The number of carbonyl (C=O) groups is 1. The lowest BCUT2D eigenvalue weighted by Crippen LogP contribution is -2.25. The maximum Gasteiger partial charge on any atom is 0.259 e. The highest BCUT2D eigenvalue weighted by atomic mass is 16.3. The van der Waals surface area contributed by atoms with E-state index in [9.17, 15) is 9.90 Å². The zero-order valence-corrected chi connectivity index (χ0v) is 14.5. The number of rotatable bonds is 5. The van der Waals surface area contributed by atoms with Crippen LogP contribution < -0.4 is 10.7 Å². The number of aromatic hydroxyl groups is 1. The van der Waals surface area contributed by atoms with Crippen LogP contribution in [0.15, 0.2) is 35.4 Å². The maximum absolute atomic E-state index is 11.8. The summed E-state index contributed by atoms with van der Waals surface area (Å²) < 4.78 is 0. The van der Waals surface area contributed by atoms with Gasteiger partial charge in [0.2, 0.25) is 0 Å². The van der Waals surface area contributed by atoms with Gasteiger partial charge in [-0.15, -0.1) is 0 Å². The van der Waals surface area contributed by atoms with E-state index >= 15 is 0 Å². The third-order valence-corrected chi connectivity index (χ3v) is 3.88. The number of carbonyl (C=O) groups excluding carboxylic acids is 1. The van der Waals surface area contributed by atoms with E-state index in [-0.39, 0.29) is 18.2 Å². The molecule has 3 N–H and O–H groups in total. The van der Waals surface area contributed by atoms with Crippen molar-refractivity contribution in [3.63, 3.8) is 0 Å². The van der Waals surface area contributed by atoms with Crippen molar-refractivity contribution >= 4 is 17.8 Å². The van der Waals surface area contributed by atoms with E-state index in [1.54, 1.807) is 6.21 Å². The minimum Gasteiger partial charge on any atom is -0.507 e. The van der Waals surface area contributed by atoms with Crippen LogP contribution in [0.2, 0.25) is 0 Å². The summed E-state index contributed by atoms with van der Waals surface area (Å²) in [4.78, 5) is 11.8. The first-order chi connectivity index (χ1) is 11.4.